The summed E-state index contributed by atoms with van der Waals surface area (Å²) in [5, 5.41) is 0. The van der Waals surface area contributed by atoms with Gasteiger partial charge in [0.2, 0.25) is 11.7 Å². The van der Waals surface area contributed by atoms with E-state index in [2.05, 4.69) is 28.6 Å². The smallest absolute Gasteiger partial charge is 0.249 e. The molecule has 1 atom stereocenters. The lowest BCUT2D eigenvalue weighted by Gasteiger charge is -2.43. The van der Waals surface area contributed by atoms with Gasteiger partial charge in [0, 0.05) is 18.7 Å². The third-order valence-corrected chi connectivity index (χ3v) is 5.50. The van der Waals surface area contributed by atoms with Crippen molar-refractivity contribution in [2.75, 3.05) is 16.8 Å². The Balaban J connectivity index is 1.75. The topological polar surface area (TPSA) is 49.3 Å². The Morgan fingerprint density at radius 2 is 1.89 bits per heavy atom. The van der Waals surface area contributed by atoms with Gasteiger partial charge in [-0.15, -0.1) is 0 Å². The van der Waals surface area contributed by atoms with Crippen molar-refractivity contribution >= 4 is 17.4 Å². The zero-order valence-corrected chi connectivity index (χ0v) is 15.9. The first-order chi connectivity index (χ1) is 13.2. The maximum atomic E-state index is 12.9. The molecular weight excluding hydrogens is 336 g/mol. The first kappa shape index (κ1) is 17.5. The van der Waals surface area contributed by atoms with Gasteiger partial charge in [0.1, 0.15) is 11.7 Å². The Hall–Kier alpha value is -2.87. The Bertz CT molecular complexity index is 894. The first-order valence-corrected chi connectivity index (χ1v) is 9.69. The molecule has 1 aliphatic carbocycles. The summed E-state index contributed by atoms with van der Waals surface area (Å²) in [5.41, 5.74) is 1.71. The van der Waals surface area contributed by atoms with E-state index in [1.54, 1.807) is 11.1 Å². The highest BCUT2D eigenvalue weighted by molar-refractivity contribution is 6.04. The van der Waals surface area contributed by atoms with E-state index in [9.17, 15) is 4.79 Å². The van der Waals surface area contributed by atoms with Gasteiger partial charge in [-0.05, 0) is 37.3 Å². The Morgan fingerprint density at radius 1 is 1.15 bits per heavy atom. The molecule has 0 unspecified atom stereocenters. The summed E-state index contributed by atoms with van der Waals surface area (Å²) in [5.74, 6) is 7.68. The van der Waals surface area contributed by atoms with E-state index in [-0.39, 0.29) is 11.9 Å². The maximum absolute atomic E-state index is 12.9. The van der Waals surface area contributed by atoms with E-state index >= 15 is 0 Å². The van der Waals surface area contributed by atoms with Crippen LogP contribution in [0.3, 0.4) is 0 Å². The number of hydrogen-bond donors (Lipinski definition) is 0. The van der Waals surface area contributed by atoms with Gasteiger partial charge < -0.3 is 9.80 Å². The molecule has 2 heterocycles. The number of hydrogen-bond acceptors (Lipinski definition) is 4. The summed E-state index contributed by atoms with van der Waals surface area (Å²) < 4.78 is 0. The molecule has 5 nitrogen and oxygen atoms in total. The Kier molecular flexibility index (Phi) is 4.81. The van der Waals surface area contributed by atoms with E-state index in [4.69, 9.17) is 4.98 Å². The molecule has 1 aliphatic heterocycles. The van der Waals surface area contributed by atoms with Gasteiger partial charge in [-0.3, -0.25) is 4.79 Å². The van der Waals surface area contributed by atoms with Crippen LogP contribution in [0.15, 0.2) is 36.5 Å². The fourth-order valence-corrected chi connectivity index (χ4v) is 4.09. The van der Waals surface area contributed by atoms with Crippen molar-refractivity contribution in [2.24, 2.45) is 0 Å². The van der Waals surface area contributed by atoms with Crippen LogP contribution < -0.4 is 9.80 Å². The van der Waals surface area contributed by atoms with E-state index in [1.165, 1.54) is 12.8 Å². The molecule has 0 spiro atoms. The third kappa shape index (κ3) is 3.28. The maximum Gasteiger partial charge on any atom is 0.249 e. The number of carbonyl (C=O) groups excluding carboxylic acids is 1. The van der Waals surface area contributed by atoms with Gasteiger partial charge >= 0.3 is 0 Å². The average Bonchev–Trinajstić information content (AvgIpc) is 3.24. The largest absolute Gasteiger partial charge is 0.340 e. The van der Waals surface area contributed by atoms with Crippen molar-refractivity contribution in [1.82, 2.24) is 9.97 Å². The number of amides is 1. The molecule has 2 aromatic rings. The first-order valence-electron chi connectivity index (χ1n) is 9.69. The molecule has 27 heavy (non-hydrogen) atoms. The summed E-state index contributed by atoms with van der Waals surface area (Å²) in [6, 6.07) is 10.0. The standard InChI is InChI=1S/C22H24N4O/c1-3-18-22(27)25(2)19-15-23-20(14-13-16-9-5-4-6-10-16)24-21(19)26(18)17-11-7-8-12-17/h4-6,9-10,15,17-18H,3,7-8,11-12H2,1-2H3/t18-/m1/s1. The molecular formula is C22H24N4O. The summed E-state index contributed by atoms with van der Waals surface area (Å²) in [7, 11) is 1.81. The number of carbonyl (C=O) groups is 1. The number of rotatable bonds is 2. The molecule has 1 aromatic carbocycles. The minimum absolute atomic E-state index is 0.128. The van der Waals surface area contributed by atoms with Gasteiger partial charge in [-0.1, -0.05) is 43.9 Å². The molecule has 1 fully saturated rings. The number of aromatic nitrogens is 2. The van der Waals surface area contributed by atoms with Crippen LogP contribution in [0.25, 0.3) is 0 Å². The molecule has 138 valence electrons. The molecule has 0 bridgehead atoms. The van der Waals surface area contributed by atoms with Crippen LogP contribution in [0, 0.1) is 11.8 Å². The van der Waals surface area contributed by atoms with Gasteiger partial charge in [0.05, 0.1) is 6.20 Å². The van der Waals surface area contributed by atoms with Crippen LogP contribution in [0.2, 0.25) is 0 Å². The molecule has 4 rings (SSSR count). The monoisotopic (exact) mass is 360 g/mol. The lowest BCUT2D eigenvalue weighted by molar-refractivity contribution is -0.120. The molecule has 2 aliphatic rings. The summed E-state index contributed by atoms with van der Waals surface area (Å²) in [4.78, 5) is 26.0. The zero-order chi connectivity index (χ0) is 18.8. The van der Waals surface area contributed by atoms with Crippen molar-refractivity contribution in [2.45, 2.75) is 51.1 Å². The highest BCUT2D eigenvalue weighted by Gasteiger charge is 2.41. The van der Waals surface area contributed by atoms with Gasteiger partial charge in [0.15, 0.2) is 5.82 Å². The lowest BCUT2D eigenvalue weighted by atomic mass is 10.0. The summed E-state index contributed by atoms with van der Waals surface area (Å²) >= 11 is 0. The second-order valence-electron chi connectivity index (χ2n) is 7.19. The number of likely N-dealkylation sites (N-methyl/N-ethyl adjacent to an activating group) is 1. The second kappa shape index (κ2) is 7.40. The van der Waals surface area contributed by atoms with Crippen LogP contribution in [0.4, 0.5) is 11.5 Å². The third-order valence-electron chi connectivity index (χ3n) is 5.50. The molecule has 0 radical (unpaired) electrons. The van der Waals surface area contributed by atoms with Gasteiger partial charge in [0.25, 0.3) is 0 Å². The molecule has 1 amide bonds. The van der Waals surface area contributed by atoms with E-state index < -0.39 is 0 Å². The zero-order valence-electron chi connectivity index (χ0n) is 15.9. The fourth-order valence-electron chi connectivity index (χ4n) is 4.09. The van der Waals surface area contributed by atoms with Gasteiger partial charge in [-0.2, -0.15) is 0 Å². The molecule has 0 N–H and O–H groups in total. The van der Waals surface area contributed by atoms with Crippen LogP contribution in [0.1, 0.15) is 50.4 Å². The van der Waals surface area contributed by atoms with Crippen LogP contribution in [0.5, 0.6) is 0 Å². The van der Waals surface area contributed by atoms with Gasteiger partial charge in [-0.25, -0.2) is 9.97 Å². The van der Waals surface area contributed by atoms with Crippen molar-refractivity contribution < 1.29 is 4.79 Å². The number of anilines is 2. The van der Waals surface area contributed by atoms with Crippen molar-refractivity contribution in [1.29, 1.82) is 0 Å². The van der Waals surface area contributed by atoms with Crippen molar-refractivity contribution in [3.05, 3.63) is 47.9 Å². The number of fused-ring (bicyclic) bond motifs is 1. The SMILES string of the molecule is CC[C@@H]1C(=O)N(C)c2cnc(C#Cc3ccccc3)nc2N1C1CCCC1. The minimum atomic E-state index is -0.157. The molecule has 5 heteroatoms. The predicted molar refractivity (Wildman–Crippen MR) is 107 cm³/mol. The average molecular weight is 360 g/mol. The van der Waals surface area contributed by atoms with Crippen LogP contribution in [-0.2, 0) is 4.79 Å². The normalized spacial score (nSPS) is 19.6. The summed E-state index contributed by atoms with van der Waals surface area (Å²) in [6.07, 6.45) is 7.16. The van der Waals surface area contributed by atoms with Crippen LogP contribution in [-0.4, -0.2) is 35.0 Å². The lowest BCUT2D eigenvalue weighted by Crippen LogP contribution is -2.55. The number of nitrogens with zero attached hydrogens (tertiary/aromatic N) is 4. The summed E-state index contributed by atoms with van der Waals surface area (Å²) in [6.45, 7) is 2.07. The highest BCUT2D eigenvalue weighted by atomic mass is 16.2. The predicted octanol–water partition coefficient (Wildman–Crippen LogP) is 3.38. The van der Waals surface area contributed by atoms with E-state index in [1.807, 2.05) is 37.4 Å². The Labute approximate surface area is 160 Å². The van der Waals surface area contributed by atoms with Crippen molar-refractivity contribution in [3.63, 3.8) is 0 Å². The fraction of sp³-hybridized carbons (Fsp3) is 0.409. The molecule has 1 aromatic heterocycles. The molecule has 1 saturated carbocycles. The molecule has 0 saturated heterocycles. The van der Waals surface area contributed by atoms with Crippen LogP contribution >= 0.6 is 0 Å². The highest BCUT2D eigenvalue weighted by Crippen LogP contribution is 2.39. The second-order valence-corrected chi connectivity index (χ2v) is 7.19. The quantitative estimate of drug-likeness (QED) is 0.771. The van der Waals surface area contributed by atoms with E-state index in [0.29, 0.717) is 11.9 Å². The van der Waals surface area contributed by atoms with Crippen molar-refractivity contribution in [3.8, 4) is 11.8 Å². The van der Waals surface area contributed by atoms with E-state index in [0.717, 1.165) is 36.3 Å². The minimum Gasteiger partial charge on any atom is -0.340 e. The Morgan fingerprint density at radius 3 is 2.59 bits per heavy atom. The number of benzene rings is 1.